The van der Waals surface area contributed by atoms with Crippen molar-refractivity contribution in [2.75, 3.05) is 23.7 Å². The Hall–Kier alpha value is -3.07. The molecule has 0 heterocycles. The number of hydrogen-bond donors (Lipinski definition) is 1. The first-order chi connectivity index (χ1) is 18.4. The number of nitrogens with zero attached hydrogens (tertiary/aromatic N) is 2. The summed E-state index contributed by atoms with van der Waals surface area (Å²) in [6, 6.07) is 21.8. The van der Waals surface area contributed by atoms with Crippen LogP contribution in [0.5, 0.6) is 0 Å². The van der Waals surface area contributed by atoms with E-state index >= 15 is 0 Å². The Morgan fingerprint density at radius 3 is 2.08 bits per heavy atom. The Labute approximate surface area is 240 Å². The zero-order valence-electron chi connectivity index (χ0n) is 22.2. The van der Waals surface area contributed by atoms with Crippen molar-refractivity contribution in [2.24, 2.45) is 5.92 Å². The molecule has 7 nitrogen and oxygen atoms in total. The summed E-state index contributed by atoms with van der Waals surface area (Å²) in [7, 11) is -3.86. The second-order valence-electron chi connectivity index (χ2n) is 9.75. The number of benzene rings is 3. The van der Waals surface area contributed by atoms with E-state index < -0.39 is 28.5 Å². The molecule has 0 saturated carbocycles. The lowest BCUT2D eigenvalue weighted by atomic mass is 10.0. The van der Waals surface area contributed by atoms with Crippen molar-refractivity contribution in [3.63, 3.8) is 0 Å². The van der Waals surface area contributed by atoms with Crippen LogP contribution in [0.3, 0.4) is 0 Å². The first kappa shape index (κ1) is 30.5. The summed E-state index contributed by atoms with van der Waals surface area (Å²) in [6.45, 7) is 3.94. The second-order valence-corrected chi connectivity index (χ2v) is 12.5. The first-order valence-corrected chi connectivity index (χ1v) is 15.1. The molecule has 39 heavy (non-hydrogen) atoms. The number of amides is 2. The average Bonchev–Trinajstić information content (AvgIpc) is 2.87. The Morgan fingerprint density at radius 1 is 0.872 bits per heavy atom. The molecule has 3 aromatic rings. The maximum atomic E-state index is 14.0. The van der Waals surface area contributed by atoms with Gasteiger partial charge >= 0.3 is 0 Å². The second kappa shape index (κ2) is 13.8. The molecule has 3 rings (SSSR count). The summed E-state index contributed by atoms with van der Waals surface area (Å²) in [5.74, 6) is -0.662. The van der Waals surface area contributed by atoms with Crippen LogP contribution in [-0.2, 0) is 32.6 Å². The molecule has 0 bridgehead atoms. The van der Waals surface area contributed by atoms with Gasteiger partial charge in [0.15, 0.2) is 0 Å². The normalized spacial score (nSPS) is 12.2. The topological polar surface area (TPSA) is 86.8 Å². The Balaban J connectivity index is 2.05. The molecule has 0 spiro atoms. The molecule has 0 aromatic heterocycles. The van der Waals surface area contributed by atoms with Gasteiger partial charge in [-0.25, -0.2) is 8.42 Å². The van der Waals surface area contributed by atoms with Crippen LogP contribution in [0, 0.1) is 5.92 Å². The molecule has 1 unspecified atom stereocenters. The fourth-order valence-electron chi connectivity index (χ4n) is 4.05. The summed E-state index contributed by atoms with van der Waals surface area (Å²) < 4.78 is 26.6. The van der Waals surface area contributed by atoms with Gasteiger partial charge in [0.05, 0.1) is 11.9 Å². The summed E-state index contributed by atoms with van der Waals surface area (Å²) in [6.07, 6.45) is 1.27. The van der Waals surface area contributed by atoms with Crippen molar-refractivity contribution in [3.05, 3.63) is 100 Å². The van der Waals surface area contributed by atoms with Crippen LogP contribution >= 0.6 is 23.2 Å². The van der Waals surface area contributed by atoms with E-state index in [0.29, 0.717) is 22.2 Å². The fraction of sp³-hybridized carbons (Fsp3) is 0.310. The third kappa shape index (κ3) is 9.27. The molecule has 2 amide bonds. The standard InChI is InChI=1S/C29H33Cl2N3O4S/c1-21(2)18-32-29(36)27(16-22-9-5-4-6-10-22)33(19-23-11-7-12-24(30)15-23)28(35)20-34(39(3,37)38)26-14-8-13-25(31)17-26/h4-15,17,21,27H,16,18-20H2,1-3H3,(H,32,36). The average molecular weight is 591 g/mol. The molecule has 0 aliphatic heterocycles. The molecule has 0 saturated heterocycles. The van der Waals surface area contributed by atoms with E-state index in [1.807, 2.05) is 50.2 Å². The molecule has 1 N–H and O–H groups in total. The molecule has 1 atom stereocenters. The number of hydrogen-bond acceptors (Lipinski definition) is 4. The maximum absolute atomic E-state index is 14.0. The van der Waals surface area contributed by atoms with Gasteiger partial charge in [-0.05, 0) is 47.4 Å². The minimum atomic E-state index is -3.86. The molecule has 208 valence electrons. The van der Waals surface area contributed by atoms with Crippen molar-refractivity contribution < 1.29 is 18.0 Å². The van der Waals surface area contributed by atoms with Gasteiger partial charge in [-0.3, -0.25) is 13.9 Å². The predicted octanol–water partition coefficient (Wildman–Crippen LogP) is 5.17. The largest absolute Gasteiger partial charge is 0.354 e. The lowest BCUT2D eigenvalue weighted by Crippen LogP contribution is -2.53. The zero-order chi connectivity index (χ0) is 28.6. The lowest BCUT2D eigenvalue weighted by molar-refractivity contribution is -0.140. The maximum Gasteiger partial charge on any atom is 0.244 e. The molecule has 0 aliphatic carbocycles. The quantitative estimate of drug-likeness (QED) is 0.315. The number of anilines is 1. The number of halogens is 2. The van der Waals surface area contributed by atoms with Crippen LogP contribution in [-0.4, -0.2) is 50.5 Å². The highest BCUT2D eigenvalue weighted by molar-refractivity contribution is 7.92. The monoisotopic (exact) mass is 589 g/mol. The van der Waals surface area contributed by atoms with Crippen molar-refractivity contribution in [1.29, 1.82) is 0 Å². The molecule has 0 radical (unpaired) electrons. The van der Waals surface area contributed by atoms with E-state index in [-0.39, 0.29) is 30.5 Å². The van der Waals surface area contributed by atoms with E-state index in [9.17, 15) is 18.0 Å². The number of nitrogens with one attached hydrogen (secondary N) is 1. The zero-order valence-corrected chi connectivity index (χ0v) is 24.5. The molecule has 10 heteroatoms. The van der Waals surface area contributed by atoms with Gasteiger partial charge in [-0.1, -0.05) is 85.6 Å². The van der Waals surface area contributed by atoms with Crippen molar-refractivity contribution >= 4 is 50.7 Å². The van der Waals surface area contributed by atoms with Gasteiger partial charge in [0.1, 0.15) is 12.6 Å². The van der Waals surface area contributed by atoms with Gasteiger partial charge in [0.25, 0.3) is 0 Å². The highest BCUT2D eigenvalue weighted by Crippen LogP contribution is 2.23. The van der Waals surface area contributed by atoms with Crippen molar-refractivity contribution in [1.82, 2.24) is 10.2 Å². The van der Waals surface area contributed by atoms with Crippen LogP contribution in [0.15, 0.2) is 78.9 Å². The molecule has 0 aliphatic rings. The minimum Gasteiger partial charge on any atom is -0.354 e. The van der Waals surface area contributed by atoms with Gasteiger partial charge in [-0.2, -0.15) is 0 Å². The lowest BCUT2D eigenvalue weighted by Gasteiger charge is -2.33. The van der Waals surface area contributed by atoms with Gasteiger partial charge in [0.2, 0.25) is 21.8 Å². The van der Waals surface area contributed by atoms with Crippen LogP contribution in [0.1, 0.15) is 25.0 Å². The van der Waals surface area contributed by atoms with E-state index in [2.05, 4.69) is 5.32 Å². The summed E-state index contributed by atoms with van der Waals surface area (Å²) in [5.41, 5.74) is 1.82. The van der Waals surface area contributed by atoms with E-state index in [4.69, 9.17) is 23.2 Å². The highest BCUT2D eigenvalue weighted by atomic mass is 35.5. The summed E-state index contributed by atoms with van der Waals surface area (Å²) in [5, 5.41) is 3.77. The van der Waals surface area contributed by atoms with Crippen LogP contribution in [0.25, 0.3) is 0 Å². The number of rotatable bonds is 12. The van der Waals surface area contributed by atoms with Crippen molar-refractivity contribution in [2.45, 2.75) is 32.9 Å². The number of carbonyl (C=O) groups excluding carboxylic acids is 2. The Bertz CT molecular complexity index is 1380. The van der Waals surface area contributed by atoms with Crippen molar-refractivity contribution in [3.8, 4) is 0 Å². The van der Waals surface area contributed by atoms with Crippen LogP contribution in [0.4, 0.5) is 5.69 Å². The third-order valence-corrected chi connectivity index (χ3v) is 7.58. The fourth-order valence-corrected chi connectivity index (χ4v) is 5.29. The Morgan fingerprint density at radius 2 is 1.49 bits per heavy atom. The summed E-state index contributed by atoms with van der Waals surface area (Å²) >= 11 is 12.3. The van der Waals surface area contributed by atoms with Gasteiger partial charge < -0.3 is 10.2 Å². The Kier molecular flexibility index (Phi) is 10.8. The molecular weight excluding hydrogens is 557 g/mol. The van der Waals surface area contributed by atoms with Gasteiger partial charge in [0, 0.05) is 29.6 Å². The third-order valence-electron chi connectivity index (χ3n) is 5.97. The van der Waals surface area contributed by atoms with Crippen LogP contribution < -0.4 is 9.62 Å². The van der Waals surface area contributed by atoms with E-state index in [0.717, 1.165) is 16.1 Å². The predicted molar refractivity (Wildman–Crippen MR) is 157 cm³/mol. The molecular formula is C29H33Cl2N3O4S. The number of carbonyl (C=O) groups is 2. The summed E-state index contributed by atoms with van der Waals surface area (Å²) in [4.78, 5) is 29.0. The van der Waals surface area contributed by atoms with E-state index in [1.54, 1.807) is 36.4 Å². The molecule has 0 fully saturated rings. The highest BCUT2D eigenvalue weighted by Gasteiger charge is 2.33. The molecule has 3 aromatic carbocycles. The van der Waals surface area contributed by atoms with Gasteiger partial charge in [-0.15, -0.1) is 0 Å². The van der Waals surface area contributed by atoms with E-state index in [1.165, 1.54) is 11.0 Å². The first-order valence-electron chi connectivity index (χ1n) is 12.5. The number of sulfonamides is 1. The SMILES string of the molecule is CC(C)CNC(=O)C(Cc1ccccc1)N(Cc1cccc(Cl)c1)C(=O)CN(c1cccc(Cl)c1)S(C)(=O)=O. The smallest absolute Gasteiger partial charge is 0.244 e. The van der Waals surface area contributed by atoms with Crippen LogP contribution in [0.2, 0.25) is 10.0 Å². The minimum absolute atomic E-state index is 0.0547.